The zero-order valence-corrected chi connectivity index (χ0v) is 16.0. The number of aromatic amines is 1. The van der Waals surface area contributed by atoms with Crippen molar-refractivity contribution in [3.05, 3.63) is 70.1 Å². The number of aromatic nitrogens is 3. The lowest BCUT2D eigenvalue weighted by atomic mass is 10.1. The number of H-pyrrole nitrogens is 1. The molecule has 28 heavy (non-hydrogen) atoms. The van der Waals surface area contributed by atoms with Crippen molar-refractivity contribution in [1.29, 1.82) is 5.41 Å². The number of nitrogens with two attached hydrogens (primary N) is 1. The number of ether oxygens (including phenoxy) is 1. The first-order valence-electron chi connectivity index (χ1n) is 8.28. The van der Waals surface area contributed by atoms with E-state index in [0.717, 1.165) is 11.1 Å². The number of nitrogen functional groups attached to an aromatic ring is 1. The SMILES string of the molecule is COC(=O)CCc1ccc(-c2nn(-c3ccc(C(=N)N)cc3)c(=O)[nH]2)cc1.Cl. The molecule has 4 N–H and O–H groups in total. The molecular formula is C19H20ClN5O3. The highest BCUT2D eigenvalue weighted by molar-refractivity contribution is 5.95. The molecule has 2 aromatic carbocycles. The Balaban J connectivity index is 0.00000280. The molecule has 3 rings (SSSR count). The van der Waals surface area contributed by atoms with Crippen LogP contribution in [0.4, 0.5) is 0 Å². The van der Waals surface area contributed by atoms with Crippen molar-refractivity contribution in [2.24, 2.45) is 5.73 Å². The van der Waals surface area contributed by atoms with E-state index in [1.807, 2.05) is 24.3 Å². The number of esters is 1. The molecule has 146 valence electrons. The van der Waals surface area contributed by atoms with E-state index in [1.54, 1.807) is 24.3 Å². The summed E-state index contributed by atoms with van der Waals surface area (Å²) in [5, 5.41) is 11.7. The summed E-state index contributed by atoms with van der Waals surface area (Å²) in [6.45, 7) is 0. The maximum atomic E-state index is 12.2. The van der Waals surface area contributed by atoms with E-state index in [-0.39, 0.29) is 29.9 Å². The van der Waals surface area contributed by atoms with Crippen molar-refractivity contribution < 1.29 is 9.53 Å². The molecule has 0 radical (unpaired) electrons. The average molecular weight is 402 g/mol. The van der Waals surface area contributed by atoms with Gasteiger partial charge in [0.25, 0.3) is 0 Å². The number of amidine groups is 1. The van der Waals surface area contributed by atoms with Crippen LogP contribution in [0.2, 0.25) is 0 Å². The highest BCUT2D eigenvalue weighted by atomic mass is 35.5. The van der Waals surface area contributed by atoms with Crippen LogP contribution in [0.25, 0.3) is 17.1 Å². The number of nitrogens with zero attached hydrogens (tertiary/aromatic N) is 2. The number of carbonyl (C=O) groups excluding carboxylic acids is 1. The topological polar surface area (TPSA) is 127 Å². The number of aryl methyl sites for hydroxylation is 1. The number of halogens is 1. The average Bonchev–Trinajstić information content (AvgIpc) is 3.08. The van der Waals surface area contributed by atoms with Crippen molar-refractivity contribution in [3.8, 4) is 17.1 Å². The zero-order valence-electron chi connectivity index (χ0n) is 15.1. The first-order valence-corrected chi connectivity index (χ1v) is 8.28. The van der Waals surface area contributed by atoms with Crippen molar-refractivity contribution in [3.63, 3.8) is 0 Å². The van der Waals surface area contributed by atoms with Crippen LogP contribution in [0, 0.1) is 5.41 Å². The lowest BCUT2D eigenvalue weighted by molar-refractivity contribution is -0.140. The Morgan fingerprint density at radius 2 is 1.82 bits per heavy atom. The number of hydrogen-bond donors (Lipinski definition) is 3. The standard InChI is InChI=1S/C19H19N5O3.ClH/c1-27-16(25)11-4-12-2-5-14(6-3-12)18-22-19(26)24(23-18)15-9-7-13(8-10-15)17(20)21;/h2-3,5-10H,4,11H2,1H3,(H3,20,21)(H,22,23,26);1H. The van der Waals surface area contributed by atoms with Crippen LogP contribution in [0.15, 0.2) is 53.3 Å². The maximum absolute atomic E-state index is 12.2. The third kappa shape index (κ3) is 4.66. The van der Waals surface area contributed by atoms with Gasteiger partial charge in [-0.15, -0.1) is 17.5 Å². The summed E-state index contributed by atoms with van der Waals surface area (Å²) < 4.78 is 5.89. The number of hydrogen-bond acceptors (Lipinski definition) is 5. The predicted octanol–water partition coefficient (Wildman–Crippen LogP) is 2.04. The van der Waals surface area contributed by atoms with Gasteiger partial charge >= 0.3 is 11.7 Å². The predicted molar refractivity (Wildman–Crippen MR) is 108 cm³/mol. The summed E-state index contributed by atoms with van der Waals surface area (Å²) in [6.07, 6.45) is 0.901. The third-order valence-corrected chi connectivity index (χ3v) is 4.11. The number of methoxy groups -OCH3 is 1. The number of nitrogens with one attached hydrogen (secondary N) is 2. The minimum Gasteiger partial charge on any atom is -0.469 e. The van der Waals surface area contributed by atoms with E-state index in [1.165, 1.54) is 11.8 Å². The largest absolute Gasteiger partial charge is 0.469 e. The molecule has 9 heteroatoms. The summed E-state index contributed by atoms with van der Waals surface area (Å²) in [4.78, 5) is 26.2. The molecule has 0 aliphatic carbocycles. The first-order chi connectivity index (χ1) is 13.0. The number of rotatable bonds is 6. The molecule has 0 bridgehead atoms. The summed E-state index contributed by atoms with van der Waals surface area (Å²) in [5.74, 6) is 0.150. The van der Waals surface area contributed by atoms with Gasteiger partial charge < -0.3 is 10.5 Å². The lowest BCUT2D eigenvalue weighted by Gasteiger charge is -2.03. The van der Waals surface area contributed by atoms with E-state index in [2.05, 4.69) is 14.8 Å². The molecule has 3 aromatic rings. The molecule has 1 aromatic heterocycles. The molecule has 8 nitrogen and oxygen atoms in total. The van der Waals surface area contributed by atoms with Crippen LogP contribution in [-0.4, -0.2) is 33.7 Å². The van der Waals surface area contributed by atoms with Crippen LogP contribution in [0.1, 0.15) is 17.5 Å². The summed E-state index contributed by atoms with van der Waals surface area (Å²) in [6, 6.07) is 14.1. The summed E-state index contributed by atoms with van der Waals surface area (Å²) in [5.41, 5.74) is 7.97. The molecule has 0 aliphatic heterocycles. The lowest BCUT2D eigenvalue weighted by Crippen LogP contribution is -2.16. The van der Waals surface area contributed by atoms with Crippen LogP contribution in [0.5, 0.6) is 0 Å². The Kier molecular flexibility index (Phi) is 6.73. The highest BCUT2D eigenvalue weighted by Crippen LogP contribution is 2.16. The van der Waals surface area contributed by atoms with Crippen molar-refractivity contribution >= 4 is 24.2 Å². The maximum Gasteiger partial charge on any atom is 0.348 e. The Bertz CT molecular complexity index is 1020. The second-order valence-electron chi connectivity index (χ2n) is 5.92. The second kappa shape index (κ2) is 9.01. The molecule has 0 spiro atoms. The van der Waals surface area contributed by atoms with Crippen LogP contribution in [0.3, 0.4) is 0 Å². The molecule has 0 saturated carbocycles. The molecule has 0 aliphatic rings. The fraction of sp³-hybridized carbons (Fsp3) is 0.158. The van der Waals surface area contributed by atoms with Crippen molar-refractivity contribution in [2.45, 2.75) is 12.8 Å². The minimum absolute atomic E-state index is 0. The first kappa shape index (κ1) is 20.9. The third-order valence-electron chi connectivity index (χ3n) is 4.11. The molecule has 0 unspecified atom stereocenters. The molecule has 0 fully saturated rings. The van der Waals surface area contributed by atoms with E-state index in [0.29, 0.717) is 29.9 Å². The van der Waals surface area contributed by atoms with Crippen LogP contribution >= 0.6 is 12.4 Å². The Hall–Kier alpha value is -3.39. The second-order valence-corrected chi connectivity index (χ2v) is 5.92. The highest BCUT2D eigenvalue weighted by Gasteiger charge is 2.10. The van der Waals surface area contributed by atoms with Crippen molar-refractivity contribution in [2.75, 3.05) is 7.11 Å². The molecule has 0 saturated heterocycles. The van der Waals surface area contributed by atoms with Crippen LogP contribution < -0.4 is 11.4 Å². The Labute approximate surface area is 167 Å². The molecule has 0 atom stereocenters. The monoisotopic (exact) mass is 401 g/mol. The number of carbonyl (C=O) groups is 1. The molecule has 0 amide bonds. The summed E-state index contributed by atoms with van der Waals surface area (Å²) in [7, 11) is 1.37. The van der Waals surface area contributed by atoms with Gasteiger partial charge in [-0.25, -0.2) is 4.79 Å². The van der Waals surface area contributed by atoms with Gasteiger partial charge in [0.1, 0.15) is 5.84 Å². The van der Waals surface area contributed by atoms with Crippen LogP contribution in [-0.2, 0) is 16.0 Å². The fourth-order valence-electron chi connectivity index (χ4n) is 2.59. The molecular weight excluding hydrogens is 382 g/mol. The van der Waals surface area contributed by atoms with E-state index in [9.17, 15) is 9.59 Å². The van der Waals surface area contributed by atoms with E-state index >= 15 is 0 Å². The van der Waals surface area contributed by atoms with Crippen molar-refractivity contribution in [1.82, 2.24) is 14.8 Å². The van der Waals surface area contributed by atoms with Gasteiger partial charge in [0.2, 0.25) is 0 Å². The van der Waals surface area contributed by atoms with Gasteiger partial charge in [0.05, 0.1) is 12.8 Å². The Morgan fingerprint density at radius 1 is 1.18 bits per heavy atom. The number of benzene rings is 2. The quantitative estimate of drug-likeness (QED) is 0.331. The molecule has 1 heterocycles. The smallest absolute Gasteiger partial charge is 0.348 e. The van der Waals surface area contributed by atoms with E-state index in [4.69, 9.17) is 11.1 Å². The zero-order chi connectivity index (χ0) is 19.4. The van der Waals surface area contributed by atoms with Gasteiger partial charge in [0.15, 0.2) is 5.82 Å². The summed E-state index contributed by atoms with van der Waals surface area (Å²) >= 11 is 0. The van der Waals surface area contributed by atoms with E-state index < -0.39 is 0 Å². The minimum atomic E-state index is -0.365. The fourth-order valence-corrected chi connectivity index (χ4v) is 2.59. The van der Waals surface area contributed by atoms with Gasteiger partial charge in [-0.05, 0) is 36.2 Å². The normalized spacial score (nSPS) is 10.2. The van der Waals surface area contributed by atoms with Gasteiger partial charge in [0, 0.05) is 17.5 Å². The van der Waals surface area contributed by atoms with Gasteiger partial charge in [-0.2, -0.15) is 4.68 Å². The Morgan fingerprint density at radius 3 is 2.39 bits per heavy atom. The van der Waals surface area contributed by atoms with Gasteiger partial charge in [-0.3, -0.25) is 15.2 Å². The van der Waals surface area contributed by atoms with Gasteiger partial charge in [-0.1, -0.05) is 24.3 Å².